The molecule has 150 valence electrons. The van der Waals surface area contributed by atoms with Gasteiger partial charge in [0.05, 0.1) is 17.7 Å². The summed E-state index contributed by atoms with van der Waals surface area (Å²) in [7, 11) is 0. The molecule has 1 saturated carbocycles. The molecule has 29 heavy (non-hydrogen) atoms. The number of carbonyl (C=O) groups is 2. The summed E-state index contributed by atoms with van der Waals surface area (Å²) in [6, 6.07) is 10.1. The smallest absolute Gasteiger partial charge is 0.323 e. The van der Waals surface area contributed by atoms with Crippen molar-refractivity contribution in [1.29, 1.82) is 0 Å². The molecule has 1 aromatic heterocycles. The molecule has 1 amide bonds. The molecule has 1 fully saturated rings. The Balaban J connectivity index is 1.51. The summed E-state index contributed by atoms with van der Waals surface area (Å²) < 4.78 is 0. The van der Waals surface area contributed by atoms with E-state index in [1.165, 1.54) is 23.3 Å². The number of anilines is 1. The number of fused-ring (bicyclic) bond motifs is 3. The average Bonchev–Trinajstić information content (AvgIpc) is 3.44. The molecule has 2 N–H and O–H groups in total. The van der Waals surface area contributed by atoms with Crippen LogP contribution in [0.1, 0.15) is 55.1 Å². The number of benzene rings is 1. The molecule has 1 unspecified atom stereocenters. The van der Waals surface area contributed by atoms with Gasteiger partial charge in [0.25, 0.3) is 0 Å². The Kier molecular flexibility index (Phi) is 4.45. The van der Waals surface area contributed by atoms with Crippen LogP contribution in [0.4, 0.5) is 5.82 Å². The molecule has 7 nitrogen and oxygen atoms in total. The van der Waals surface area contributed by atoms with Crippen LogP contribution >= 0.6 is 0 Å². The highest BCUT2D eigenvalue weighted by atomic mass is 16.4. The van der Waals surface area contributed by atoms with Crippen LogP contribution in [-0.4, -0.2) is 45.2 Å². The maximum absolute atomic E-state index is 13.2. The molecule has 0 saturated heterocycles. The molecular formula is C22H24N4O3. The normalized spacial score (nSPS) is 23.8. The molecular weight excluding hydrogens is 368 g/mol. The standard InChI is InChI=1S/C22H24N4O3/c27-17(28)12-26-21-19(24-20(25-21)14-8-4-5-9-14)18-16(22(26)29)11-15(23-18)10-13-6-2-1-3-7-13/h1-3,6-7,14-16H,4-5,8-12H2,(H,24,25)(H,27,28)/t15-,16?/m1/s1. The van der Waals surface area contributed by atoms with Crippen molar-refractivity contribution >= 4 is 23.4 Å². The van der Waals surface area contributed by atoms with Crippen LogP contribution in [-0.2, 0) is 16.0 Å². The fourth-order valence-electron chi connectivity index (χ4n) is 4.92. The Morgan fingerprint density at radius 1 is 1.21 bits per heavy atom. The number of amides is 1. The zero-order chi connectivity index (χ0) is 20.0. The molecule has 7 heteroatoms. The predicted molar refractivity (Wildman–Crippen MR) is 108 cm³/mol. The first-order valence-corrected chi connectivity index (χ1v) is 10.3. The Hall–Kier alpha value is -2.96. The van der Waals surface area contributed by atoms with Crippen LogP contribution < -0.4 is 4.90 Å². The van der Waals surface area contributed by atoms with Gasteiger partial charge in [-0.15, -0.1) is 0 Å². The third-order valence-corrected chi connectivity index (χ3v) is 6.29. The lowest BCUT2D eigenvalue weighted by Gasteiger charge is -2.28. The number of imidazole rings is 1. The van der Waals surface area contributed by atoms with Crippen molar-refractivity contribution in [2.45, 2.75) is 50.5 Å². The lowest BCUT2D eigenvalue weighted by atomic mass is 9.91. The summed E-state index contributed by atoms with van der Waals surface area (Å²) in [6.07, 6.45) is 5.88. The second-order valence-electron chi connectivity index (χ2n) is 8.27. The van der Waals surface area contributed by atoms with Crippen molar-refractivity contribution < 1.29 is 14.7 Å². The van der Waals surface area contributed by atoms with Crippen molar-refractivity contribution in [3.8, 4) is 0 Å². The largest absolute Gasteiger partial charge is 0.480 e. The van der Waals surface area contributed by atoms with E-state index in [0.29, 0.717) is 18.2 Å². The summed E-state index contributed by atoms with van der Waals surface area (Å²) in [5.74, 6) is 0.0308. The summed E-state index contributed by atoms with van der Waals surface area (Å²) in [4.78, 5) is 38.9. The van der Waals surface area contributed by atoms with E-state index in [2.05, 4.69) is 17.1 Å². The van der Waals surface area contributed by atoms with Crippen LogP contribution in [0.3, 0.4) is 0 Å². The number of H-pyrrole nitrogens is 1. The van der Waals surface area contributed by atoms with Crippen molar-refractivity contribution in [2.24, 2.45) is 10.9 Å². The number of rotatable bonds is 5. The van der Waals surface area contributed by atoms with E-state index in [-0.39, 0.29) is 18.5 Å². The second kappa shape index (κ2) is 7.13. The summed E-state index contributed by atoms with van der Waals surface area (Å²) in [6.45, 7) is -0.367. The highest BCUT2D eigenvalue weighted by Crippen LogP contribution is 2.40. The molecule has 1 aliphatic carbocycles. The van der Waals surface area contributed by atoms with Crippen molar-refractivity contribution in [3.05, 3.63) is 47.4 Å². The van der Waals surface area contributed by atoms with Gasteiger partial charge in [0, 0.05) is 5.92 Å². The highest BCUT2D eigenvalue weighted by molar-refractivity contribution is 6.24. The van der Waals surface area contributed by atoms with Gasteiger partial charge in [-0.05, 0) is 31.2 Å². The fourth-order valence-corrected chi connectivity index (χ4v) is 4.92. The summed E-state index contributed by atoms with van der Waals surface area (Å²) in [5.41, 5.74) is 2.68. The summed E-state index contributed by atoms with van der Waals surface area (Å²) in [5, 5.41) is 9.35. The third-order valence-electron chi connectivity index (χ3n) is 6.29. The Labute approximate surface area is 168 Å². The minimum atomic E-state index is -1.03. The van der Waals surface area contributed by atoms with Crippen LogP contribution in [0.2, 0.25) is 0 Å². The predicted octanol–water partition coefficient (Wildman–Crippen LogP) is 2.92. The monoisotopic (exact) mass is 392 g/mol. The van der Waals surface area contributed by atoms with Crippen LogP contribution in [0.5, 0.6) is 0 Å². The van der Waals surface area contributed by atoms with E-state index in [9.17, 15) is 14.7 Å². The maximum atomic E-state index is 13.2. The van der Waals surface area contributed by atoms with E-state index in [4.69, 9.17) is 9.98 Å². The first kappa shape index (κ1) is 18.1. The van der Waals surface area contributed by atoms with Gasteiger partial charge in [-0.25, -0.2) is 4.98 Å². The molecule has 3 heterocycles. The van der Waals surface area contributed by atoms with E-state index in [0.717, 1.165) is 36.5 Å². The number of carboxylic acids is 1. The number of hydrogen-bond donors (Lipinski definition) is 2. The number of aromatic amines is 1. The van der Waals surface area contributed by atoms with E-state index in [1.807, 2.05) is 18.2 Å². The van der Waals surface area contributed by atoms with Crippen molar-refractivity contribution in [3.63, 3.8) is 0 Å². The molecule has 1 aromatic carbocycles. The van der Waals surface area contributed by atoms with E-state index >= 15 is 0 Å². The molecule has 2 aliphatic heterocycles. The van der Waals surface area contributed by atoms with E-state index < -0.39 is 11.9 Å². The molecule has 5 rings (SSSR count). The van der Waals surface area contributed by atoms with Gasteiger partial charge in [-0.1, -0.05) is 43.2 Å². The van der Waals surface area contributed by atoms with Gasteiger partial charge in [-0.2, -0.15) is 0 Å². The molecule has 0 radical (unpaired) electrons. The van der Waals surface area contributed by atoms with Gasteiger partial charge >= 0.3 is 5.97 Å². The Morgan fingerprint density at radius 2 is 1.97 bits per heavy atom. The highest BCUT2D eigenvalue weighted by Gasteiger charge is 2.45. The number of aromatic nitrogens is 2. The lowest BCUT2D eigenvalue weighted by molar-refractivity contribution is -0.137. The third kappa shape index (κ3) is 3.24. The van der Waals surface area contributed by atoms with Crippen molar-refractivity contribution in [2.75, 3.05) is 11.4 Å². The molecule has 2 aromatic rings. The molecule has 0 spiro atoms. The van der Waals surface area contributed by atoms with Crippen molar-refractivity contribution in [1.82, 2.24) is 9.97 Å². The quantitative estimate of drug-likeness (QED) is 0.817. The SMILES string of the molecule is O=C(O)CN1C(=O)C2C[C@@H](Cc3ccccc3)N=C2c2[nH]c(C3CCCC3)nc21. The zero-order valence-corrected chi connectivity index (χ0v) is 16.2. The van der Waals surface area contributed by atoms with Gasteiger partial charge in [0.2, 0.25) is 5.91 Å². The van der Waals surface area contributed by atoms with Crippen LogP contribution in [0, 0.1) is 5.92 Å². The summed E-state index contributed by atoms with van der Waals surface area (Å²) >= 11 is 0. The first-order valence-electron chi connectivity index (χ1n) is 10.3. The van der Waals surface area contributed by atoms with Crippen LogP contribution in [0.15, 0.2) is 35.3 Å². The maximum Gasteiger partial charge on any atom is 0.323 e. The lowest BCUT2D eigenvalue weighted by Crippen LogP contribution is -2.46. The number of hydrogen-bond acceptors (Lipinski definition) is 4. The van der Waals surface area contributed by atoms with Gasteiger partial charge in [0.15, 0.2) is 5.82 Å². The molecule has 2 atom stereocenters. The molecule has 0 bridgehead atoms. The number of nitrogens with one attached hydrogen (secondary N) is 1. The Bertz CT molecular complexity index is 975. The van der Waals surface area contributed by atoms with Gasteiger partial charge < -0.3 is 10.1 Å². The topological polar surface area (TPSA) is 98.6 Å². The number of nitrogens with zero attached hydrogens (tertiary/aromatic N) is 3. The fraction of sp³-hybridized carbons (Fsp3) is 0.455. The van der Waals surface area contributed by atoms with Crippen LogP contribution in [0.25, 0.3) is 0 Å². The first-order chi connectivity index (χ1) is 14.1. The zero-order valence-electron chi connectivity index (χ0n) is 16.2. The van der Waals surface area contributed by atoms with E-state index in [1.54, 1.807) is 0 Å². The number of carboxylic acid groups (broad SMARTS) is 1. The Morgan fingerprint density at radius 3 is 2.69 bits per heavy atom. The minimum Gasteiger partial charge on any atom is -0.480 e. The molecule has 3 aliphatic rings. The van der Waals surface area contributed by atoms with Gasteiger partial charge in [0.1, 0.15) is 18.1 Å². The number of carbonyl (C=O) groups excluding carboxylic acids is 1. The second-order valence-corrected chi connectivity index (χ2v) is 8.27. The minimum absolute atomic E-state index is 0.0113. The number of aliphatic imine (C=N–C) groups is 1. The number of aliphatic carboxylic acids is 1. The average molecular weight is 392 g/mol. The van der Waals surface area contributed by atoms with Gasteiger partial charge in [-0.3, -0.25) is 19.5 Å².